The van der Waals surface area contributed by atoms with E-state index < -0.39 is 0 Å². The first-order valence-corrected chi connectivity index (χ1v) is 9.42. The van der Waals surface area contributed by atoms with Crippen molar-refractivity contribution in [3.05, 3.63) is 75.4 Å². The molecule has 128 valence electrons. The normalized spacial score (nSPS) is 10.7. The van der Waals surface area contributed by atoms with Gasteiger partial charge in [-0.3, -0.25) is 4.79 Å². The van der Waals surface area contributed by atoms with Crippen LogP contribution in [0, 0.1) is 0 Å². The molecule has 0 saturated heterocycles. The van der Waals surface area contributed by atoms with Gasteiger partial charge in [0.2, 0.25) is 5.82 Å². The van der Waals surface area contributed by atoms with Crippen LogP contribution in [0.2, 0.25) is 0 Å². The van der Waals surface area contributed by atoms with Crippen LogP contribution in [0.5, 0.6) is 0 Å². The summed E-state index contributed by atoms with van der Waals surface area (Å²) in [5.41, 5.74) is 2.36. The fourth-order valence-electron chi connectivity index (χ4n) is 2.39. The van der Waals surface area contributed by atoms with Crippen LogP contribution in [0.4, 0.5) is 5.69 Å². The topological polar surface area (TPSA) is 68.0 Å². The van der Waals surface area contributed by atoms with Crippen LogP contribution >= 0.6 is 27.3 Å². The predicted octanol–water partition coefficient (Wildman–Crippen LogP) is 5.48. The molecule has 4 rings (SSSR count). The molecule has 0 fully saturated rings. The van der Waals surface area contributed by atoms with E-state index in [2.05, 4.69) is 31.4 Å². The van der Waals surface area contributed by atoms with E-state index in [-0.39, 0.29) is 5.91 Å². The van der Waals surface area contributed by atoms with Gasteiger partial charge in [-0.25, -0.2) is 0 Å². The molecule has 0 saturated carbocycles. The van der Waals surface area contributed by atoms with E-state index >= 15 is 0 Å². The van der Waals surface area contributed by atoms with Gasteiger partial charge in [-0.05, 0) is 63.8 Å². The maximum absolute atomic E-state index is 12.1. The summed E-state index contributed by atoms with van der Waals surface area (Å²) >= 11 is 4.88. The molecule has 0 aliphatic carbocycles. The Balaban J connectivity index is 1.53. The molecule has 4 aromatic rings. The SMILES string of the molecule is O=C(Nc1ccc(-c2noc(-c3ccccc3Br)n2)cc1)c1cccs1. The van der Waals surface area contributed by atoms with E-state index in [1.54, 1.807) is 6.07 Å². The number of carbonyl (C=O) groups excluding carboxylic acids is 1. The van der Waals surface area contributed by atoms with Crippen molar-refractivity contribution in [1.29, 1.82) is 0 Å². The Morgan fingerprint density at radius 2 is 1.85 bits per heavy atom. The van der Waals surface area contributed by atoms with Gasteiger partial charge in [-0.2, -0.15) is 4.98 Å². The Kier molecular flexibility index (Phi) is 4.64. The summed E-state index contributed by atoms with van der Waals surface area (Å²) in [4.78, 5) is 17.2. The van der Waals surface area contributed by atoms with Crippen LogP contribution < -0.4 is 5.32 Å². The monoisotopic (exact) mass is 425 g/mol. The maximum Gasteiger partial charge on any atom is 0.265 e. The second-order valence-electron chi connectivity index (χ2n) is 5.41. The van der Waals surface area contributed by atoms with Crippen LogP contribution in [-0.2, 0) is 0 Å². The second kappa shape index (κ2) is 7.23. The number of aromatic nitrogens is 2. The van der Waals surface area contributed by atoms with E-state index in [0.29, 0.717) is 22.3 Å². The van der Waals surface area contributed by atoms with Crippen molar-refractivity contribution in [2.45, 2.75) is 0 Å². The Morgan fingerprint density at radius 1 is 1.04 bits per heavy atom. The Morgan fingerprint density at radius 3 is 2.58 bits per heavy atom. The fourth-order valence-corrected chi connectivity index (χ4v) is 3.46. The van der Waals surface area contributed by atoms with Gasteiger partial charge in [0.25, 0.3) is 11.8 Å². The molecule has 2 aromatic heterocycles. The van der Waals surface area contributed by atoms with Gasteiger partial charge >= 0.3 is 0 Å². The van der Waals surface area contributed by atoms with E-state index in [1.165, 1.54) is 11.3 Å². The zero-order valence-corrected chi connectivity index (χ0v) is 15.8. The van der Waals surface area contributed by atoms with Gasteiger partial charge in [0.1, 0.15) is 0 Å². The molecule has 2 aromatic carbocycles. The summed E-state index contributed by atoms with van der Waals surface area (Å²) in [6, 6.07) is 18.6. The number of nitrogens with one attached hydrogen (secondary N) is 1. The minimum Gasteiger partial charge on any atom is -0.334 e. The molecule has 0 spiro atoms. The zero-order valence-electron chi connectivity index (χ0n) is 13.3. The largest absolute Gasteiger partial charge is 0.334 e. The van der Waals surface area contributed by atoms with Crippen molar-refractivity contribution < 1.29 is 9.32 Å². The Bertz CT molecular complexity index is 1040. The van der Waals surface area contributed by atoms with Gasteiger partial charge in [0, 0.05) is 15.7 Å². The van der Waals surface area contributed by atoms with Crippen LogP contribution in [0.25, 0.3) is 22.8 Å². The number of anilines is 1. The van der Waals surface area contributed by atoms with Crippen LogP contribution in [0.1, 0.15) is 9.67 Å². The highest BCUT2D eigenvalue weighted by Gasteiger charge is 2.13. The van der Waals surface area contributed by atoms with Gasteiger partial charge in [-0.15, -0.1) is 11.3 Å². The summed E-state index contributed by atoms with van der Waals surface area (Å²) in [5.74, 6) is 0.818. The van der Waals surface area contributed by atoms with Crippen molar-refractivity contribution in [2.24, 2.45) is 0 Å². The third-order valence-electron chi connectivity index (χ3n) is 3.68. The average Bonchev–Trinajstić information content (AvgIpc) is 3.35. The lowest BCUT2D eigenvalue weighted by Gasteiger charge is -2.03. The first-order valence-electron chi connectivity index (χ1n) is 7.74. The second-order valence-corrected chi connectivity index (χ2v) is 7.21. The fraction of sp³-hybridized carbons (Fsp3) is 0. The van der Waals surface area contributed by atoms with Crippen LogP contribution in [0.15, 0.2) is 75.0 Å². The van der Waals surface area contributed by atoms with Gasteiger partial charge < -0.3 is 9.84 Å². The highest BCUT2D eigenvalue weighted by Crippen LogP contribution is 2.28. The number of amides is 1. The van der Waals surface area contributed by atoms with Gasteiger partial charge in [-0.1, -0.05) is 23.4 Å². The minimum atomic E-state index is -0.122. The average molecular weight is 426 g/mol. The molecule has 2 heterocycles. The molecular weight excluding hydrogens is 414 g/mol. The quantitative estimate of drug-likeness (QED) is 0.469. The standard InChI is InChI=1S/C19H12BrN3O2S/c20-15-5-2-1-4-14(15)19-22-17(23-25-19)12-7-9-13(10-8-12)21-18(24)16-6-3-11-26-16/h1-11H,(H,21,24). The van der Waals surface area contributed by atoms with Crippen molar-refractivity contribution in [3.63, 3.8) is 0 Å². The number of benzene rings is 2. The highest BCUT2D eigenvalue weighted by molar-refractivity contribution is 9.10. The van der Waals surface area contributed by atoms with Crippen molar-refractivity contribution in [1.82, 2.24) is 10.1 Å². The van der Waals surface area contributed by atoms with Crippen molar-refractivity contribution in [2.75, 3.05) is 5.32 Å². The lowest BCUT2D eigenvalue weighted by atomic mass is 10.2. The smallest absolute Gasteiger partial charge is 0.265 e. The Labute approximate surface area is 161 Å². The maximum atomic E-state index is 12.1. The number of hydrogen-bond acceptors (Lipinski definition) is 5. The summed E-state index contributed by atoms with van der Waals surface area (Å²) < 4.78 is 6.26. The molecular formula is C19H12BrN3O2S. The van der Waals surface area contributed by atoms with Gasteiger partial charge in [0.05, 0.1) is 10.4 Å². The molecule has 5 nitrogen and oxygen atoms in total. The number of rotatable bonds is 4. The lowest BCUT2D eigenvalue weighted by Crippen LogP contribution is -2.09. The summed E-state index contributed by atoms with van der Waals surface area (Å²) in [6.07, 6.45) is 0. The predicted molar refractivity (Wildman–Crippen MR) is 105 cm³/mol. The first-order chi connectivity index (χ1) is 12.7. The molecule has 0 radical (unpaired) electrons. The van der Waals surface area contributed by atoms with E-state index in [0.717, 1.165) is 15.6 Å². The summed E-state index contributed by atoms with van der Waals surface area (Å²) in [6.45, 7) is 0. The third-order valence-corrected chi connectivity index (χ3v) is 5.24. The van der Waals surface area contributed by atoms with Crippen molar-refractivity contribution in [3.8, 4) is 22.8 Å². The molecule has 0 atom stereocenters. The Hall–Kier alpha value is -2.77. The van der Waals surface area contributed by atoms with Crippen LogP contribution in [0.3, 0.4) is 0 Å². The molecule has 0 aliphatic rings. The van der Waals surface area contributed by atoms with E-state index in [4.69, 9.17) is 4.52 Å². The molecule has 7 heteroatoms. The molecule has 1 N–H and O–H groups in total. The number of halogens is 1. The highest BCUT2D eigenvalue weighted by atomic mass is 79.9. The van der Waals surface area contributed by atoms with E-state index in [1.807, 2.05) is 60.0 Å². The number of nitrogens with zero attached hydrogens (tertiary/aromatic N) is 2. The summed E-state index contributed by atoms with van der Waals surface area (Å²) in [7, 11) is 0. The number of thiophene rings is 1. The first kappa shape index (κ1) is 16.7. The molecule has 0 aliphatic heterocycles. The number of carbonyl (C=O) groups is 1. The van der Waals surface area contributed by atoms with E-state index in [9.17, 15) is 4.79 Å². The van der Waals surface area contributed by atoms with Crippen LogP contribution in [-0.4, -0.2) is 16.0 Å². The minimum absolute atomic E-state index is 0.122. The molecule has 0 unspecified atom stereocenters. The lowest BCUT2D eigenvalue weighted by molar-refractivity contribution is 0.103. The zero-order chi connectivity index (χ0) is 17.9. The van der Waals surface area contributed by atoms with Crippen molar-refractivity contribution >= 4 is 38.9 Å². The van der Waals surface area contributed by atoms with Gasteiger partial charge in [0.15, 0.2) is 0 Å². The summed E-state index contributed by atoms with van der Waals surface area (Å²) in [5, 5.41) is 8.78. The molecule has 26 heavy (non-hydrogen) atoms. The third kappa shape index (κ3) is 3.44. The molecule has 0 bridgehead atoms. The molecule has 1 amide bonds. The number of hydrogen-bond donors (Lipinski definition) is 1.